The summed E-state index contributed by atoms with van der Waals surface area (Å²) in [4.78, 5) is 14.2. The topological polar surface area (TPSA) is 40.5 Å². The van der Waals surface area contributed by atoms with E-state index in [4.69, 9.17) is 11.6 Å². The minimum absolute atomic E-state index is 0.285. The normalized spacial score (nSPS) is 19.4. The van der Waals surface area contributed by atoms with Gasteiger partial charge in [-0.25, -0.2) is 0 Å². The molecule has 1 aromatic rings. The Bertz CT molecular complexity index is 514. The van der Waals surface area contributed by atoms with Gasteiger partial charge >= 0.3 is 5.97 Å². The fourth-order valence-electron chi connectivity index (χ4n) is 3.61. The molecule has 1 N–H and O–H groups in total. The molecule has 1 aromatic carbocycles. The summed E-state index contributed by atoms with van der Waals surface area (Å²) < 4.78 is 0. The molecule has 1 aliphatic heterocycles. The summed E-state index contributed by atoms with van der Waals surface area (Å²) in [6.45, 7) is 4.99. The first kappa shape index (κ1) is 18.3. The SMILES string of the molecule is BC(CCCC)(C(=O)O)C1CCN(Cc2ccc(Cl)cc2)CC1. The van der Waals surface area contributed by atoms with E-state index in [1.165, 1.54) is 5.56 Å². The van der Waals surface area contributed by atoms with Crippen LogP contribution >= 0.6 is 11.6 Å². The molecule has 5 heteroatoms. The number of likely N-dealkylation sites (tertiary alicyclic amines) is 1. The van der Waals surface area contributed by atoms with Gasteiger partial charge in [-0.15, -0.1) is 0 Å². The first-order valence-electron chi connectivity index (χ1n) is 8.66. The molecule has 3 nitrogen and oxygen atoms in total. The number of hydrogen-bond acceptors (Lipinski definition) is 2. The maximum atomic E-state index is 11.8. The lowest BCUT2D eigenvalue weighted by molar-refractivity contribution is -0.143. The van der Waals surface area contributed by atoms with E-state index in [1.54, 1.807) is 0 Å². The van der Waals surface area contributed by atoms with Crippen LogP contribution in [0.15, 0.2) is 24.3 Å². The molecule has 2 rings (SSSR count). The zero-order valence-corrected chi connectivity index (χ0v) is 15.0. The smallest absolute Gasteiger partial charge is 0.301 e. The molecule has 0 aliphatic carbocycles. The van der Waals surface area contributed by atoms with Crippen molar-refractivity contribution in [3.05, 3.63) is 34.9 Å². The van der Waals surface area contributed by atoms with Crippen LogP contribution in [0.3, 0.4) is 0 Å². The summed E-state index contributed by atoms with van der Waals surface area (Å²) in [7, 11) is 1.95. The predicted octanol–water partition coefficient (Wildman–Crippen LogP) is 3.62. The first-order chi connectivity index (χ1) is 11.0. The maximum absolute atomic E-state index is 11.8. The lowest BCUT2D eigenvalue weighted by Gasteiger charge is -2.40. The van der Waals surface area contributed by atoms with Crippen LogP contribution in [-0.4, -0.2) is 36.9 Å². The number of piperidine rings is 1. The van der Waals surface area contributed by atoms with E-state index < -0.39 is 11.3 Å². The summed E-state index contributed by atoms with van der Waals surface area (Å²) in [5.74, 6) is -0.338. The lowest BCUT2D eigenvalue weighted by atomic mass is 9.56. The highest BCUT2D eigenvalue weighted by Gasteiger charge is 2.41. The van der Waals surface area contributed by atoms with Gasteiger partial charge < -0.3 is 5.11 Å². The third kappa shape index (κ3) is 4.74. The van der Waals surface area contributed by atoms with E-state index >= 15 is 0 Å². The number of carboxylic acid groups (broad SMARTS) is 1. The molecule has 1 heterocycles. The third-order valence-corrected chi connectivity index (χ3v) is 5.60. The van der Waals surface area contributed by atoms with Gasteiger partial charge in [-0.3, -0.25) is 9.69 Å². The van der Waals surface area contributed by atoms with Gasteiger partial charge in [0.15, 0.2) is 0 Å². The number of unbranched alkanes of at least 4 members (excludes halogenated alkanes) is 1. The Morgan fingerprint density at radius 3 is 2.48 bits per heavy atom. The number of hydrogen-bond donors (Lipinski definition) is 1. The second-order valence-electron chi connectivity index (χ2n) is 7.00. The van der Waals surface area contributed by atoms with E-state index in [2.05, 4.69) is 24.0 Å². The van der Waals surface area contributed by atoms with Crippen molar-refractivity contribution in [2.45, 2.75) is 50.9 Å². The van der Waals surface area contributed by atoms with E-state index in [9.17, 15) is 9.90 Å². The van der Waals surface area contributed by atoms with Crippen molar-refractivity contribution in [1.82, 2.24) is 4.90 Å². The molecular formula is C18H27BClNO2. The van der Waals surface area contributed by atoms with Gasteiger partial charge in [0, 0.05) is 16.9 Å². The molecule has 0 amide bonds. The van der Waals surface area contributed by atoms with Crippen molar-refractivity contribution >= 4 is 25.4 Å². The summed E-state index contributed by atoms with van der Waals surface area (Å²) in [5, 5.41) is 9.91. The van der Waals surface area contributed by atoms with E-state index in [0.29, 0.717) is 0 Å². The van der Waals surface area contributed by atoms with Crippen molar-refractivity contribution in [1.29, 1.82) is 0 Å². The predicted molar refractivity (Wildman–Crippen MR) is 97.9 cm³/mol. The van der Waals surface area contributed by atoms with Crippen molar-refractivity contribution in [2.24, 2.45) is 5.92 Å². The molecule has 1 atom stereocenters. The van der Waals surface area contributed by atoms with Gasteiger partial charge in [0.1, 0.15) is 7.85 Å². The number of nitrogens with zero attached hydrogens (tertiary/aromatic N) is 1. The Balaban J connectivity index is 1.91. The van der Waals surface area contributed by atoms with Gasteiger partial charge in [0.2, 0.25) is 0 Å². The highest BCUT2D eigenvalue weighted by Crippen LogP contribution is 2.43. The van der Waals surface area contributed by atoms with Crippen molar-refractivity contribution < 1.29 is 9.90 Å². The second-order valence-corrected chi connectivity index (χ2v) is 7.44. The minimum Gasteiger partial charge on any atom is -0.481 e. The fraction of sp³-hybridized carbons (Fsp3) is 0.611. The van der Waals surface area contributed by atoms with Crippen LogP contribution in [-0.2, 0) is 11.3 Å². The Hall–Kier alpha value is -0.995. The van der Waals surface area contributed by atoms with E-state index in [0.717, 1.165) is 56.8 Å². The van der Waals surface area contributed by atoms with Crippen LogP contribution in [0.2, 0.25) is 10.3 Å². The molecule has 0 aromatic heterocycles. The Labute approximate surface area is 145 Å². The number of carboxylic acids is 1. The number of halogens is 1. The molecule has 126 valence electrons. The van der Waals surface area contributed by atoms with Crippen LogP contribution < -0.4 is 0 Å². The quantitative estimate of drug-likeness (QED) is 0.774. The number of carbonyl (C=O) groups is 1. The minimum atomic E-state index is -0.623. The zero-order chi connectivity index (χ0) is 16.9. The highest BCUT2D eigenvalue weighted by atomic mass is 35.5. The molecule has 0 radical (unpaired) electrons. The molecule has 1 unspecified atom stereocenters. The van der Waals surface area contributed by atoms with Crippen LogP contribution in [0.1, 0.15) is 44.6 Å². The molecule has 23 heavy (non-hydrogen) atoms. The Morgan fingerprint density at radius 2 is 1.96 bits per heavy atom. The van der Waals surface area contributed by atoms with Gasteiger partial charge in [-0.1, -0.05) is 43.5 Å². The first-order valence-corrected chi connectivity index (χ1v) is 9.03. The van der Waals surface area contributed by atoms with Crippen LogP contribution in [0, 0.1) is 5.92 Å². The van der Waals surface area contributed by atoms with Gasteiger partial charge in [-0.05, 0) is 56.0 Å². The monoisotopic (exact) mass is 335 g/mol. The average Bonchev–Trinajstić information content (AvgIpc) is 2.55. The van der Waals surface area contributed by atoms with Gasteiger partial charge in [0.05, 0.1) is 0 Å². The molecule has 1 aliphatic rings. The largest absolute Gasteiger partial charge is 0.481 e. The van der Waals surface area contributed by atoms with Crippen LogP contribution in [0.4, 0.5) is 0 Å². The number of rotatable bonds is 7. The van der Waals surface area contributed by atoms with Crippen molar-refractivity contribution in [2.75, 3.05) is 13.1 Å². The fourth-order valence-corrected chi connectivity index (χ4v) is 3.73. The molecular weight excluding hydrogens is 308 g/mol. The lowest BCUT2D eigenvalue weighted by Crippen LogP contribution is -2.41. The van der Waals surface area contributed by atoms with Crippen LogP contribution in [0.5, 0.6) is 0 Å². The van der Waals surface area contributed by atoms with Crippen molar-refractivity contribution in [3.63, 3.8) is 0 Å². The molecule has 0 spiro atoms. The maximum Gasteiger partial charge on any atom is 0.301 e. The molecule has 0 bridgehead atoms. The molecule has 0 saturated carbocycles. The third-order valence-electron chi connectivity index (χ3n) is 5.35. The van der Waals surface area contributed by atoms with Crippen molar-refractivity contribution in [3.8, 4) is 0 Å². The van der Waals surface area contributed by atoms with E-state index in [1.807, 2.05) is 20.0 Å². The summed E-state index contributed by atoms with van der Waals surface area (Å²) >= 11 is 5.93. The number of aliphatic carboxylic acids is 1. The summed E-state index contributed by atoms with van der Waals surface area (Å²) in [6.07, 6.45) is 4.78. The van der Waals surface area contributed by atoms with Gasteiger partial charge in [0.25, 0.3) is 0 Å². The Kier molecular flexibility index (Phi) is 6.55. The molecule has 1 saturated heterocycles. The van der Waals surface area contributed by atoms with Gasteiger partial charge in [-0.2, -0.15) is 0 Å². The Morgan fingerprint density at radius 1 is 1.35 bits per heavy atom. The van der Waals surface area contributed by atoms with Crippen LogP contribution in [0.25, 0.3) is 0 Å². The average molecular weight is 336 g/mol. The number of benzene rings is 1. The second kappa shape index (κ2) is 8.21. The summed E-state index contributed by atoms with van der Waals surface area (Å²) in [5.41, 5.74) is 1.26. The summed E-state index contributed by atoms with van der Waals surface area (Å²) in [6, 6.07) is 7.99. The standard InChI is InChI=1S/C18H27BClNO2/c1-2-3-10-18(19,17(22)23)15-8-11-21(12-9-15)13-14-4-6-16(20)7-5-14/h4-7,15H,2-3,8-13,19H2,1H3,(H,22,23). The zero-order valence-electron chi connectivity index (χ0n) is 14.2. The highest BCUT2D eigenvalue weighted by molar-refractivity contribution is 6.30. The van der Waals surface area contributed by atoms with E-state index in [-0.39, 0.29) is 5.92 Å². The molecule has 1 fully saturated rings.